The smallest absolute Gasteiger partial charge is 0.251 e. The van der Waals surface area contributed by atoms with E-state index in [-0.39, 0.29) is 12.0 Å². The number of carbonyl (C=O) groups excluding carboxylic acids is 1. The van der Waals surface area contributed by atoms with Crippen LogP contribution in [0.25, 0.3) is 0 Å². The van der Waals surface area contributed by atoms with Crippen LogP contribution in [0.15, 0.2) is 0 Å². The first-order chi connectivity index (χ1) is 7.08. The summed E-state index contributed by atoms with van der Waals surface area (Å²) in [6.45, 7) is 3.58. The van der Waals surface area contributed by atoms with E-state index < -0.39 is 5.60 Å². The number of hydrogen-bond acceptors (Lipinski definition) is 3. The number of likely N-dealkylation sites (tertiary alicyclic amines) is 1. The number of carbonyl (C=O) groups is 1. The minimum Gasteiger partial charge on any atom is -0.388 e. The molecule has 0 aromatic rings. The quantitative estimate of drug-likeness (QED) is 0.691. The molecule has 0 radical (unpaired) electrons. The number of nitrogens with zero attached hydrogens (tertiary/aromatic N) is 1. The van der Waals surface area contributed by atoms with Crippen molar-refractivity contribution in [1.82, 2.24) is 4.90 Å². The molecule has 2 fully saturated rings. The number of β-amino-alcohol motifs (C(OH)–C–C–N with tert-alkyl or cyclic N) is 1. The van der Waals surface area contributed by atoms with E-state index in [0.717, 1.165) is 19.3 Å². The molecule has 2 saturated heterocycles. The van der Waals surface area contributed by atoms with E-state index in [9.17, 15) is 9.90 Å². The molecule has 0 aromatic carbocycles. The van der Waals surface area contributed by atoms with Crippen LogP contribution in [0.4, 0.5) is 0 Å². The summed E-state index contributed by atoms with van der Waals surface area (Å²) in [5, 5.41) is 9.78. The number of rotatable bonds is 1. The van der Waals surface area contributed by atoms with Crippen molar-refractivity contribution in [3.63, 3.8) is 0 Å². The first kappa shape index (κ1) is 10.9. The van der Waals surface area contributed by atoms with Crippen molar-refractivity contribution in [1.29, 1.82) is 0 Å². The van der Waals surface area contributed by atoms with Gasteiger partial charge in [0, 0.05) is 19.7 Å². The average Bonchev–Trinajstić information content (AvgIpc) is 2.59. The zero-order valence-corrected chi connectivity index (χ0v) is 9.24. The molecule has 2 atom stereocenters. The molecule has 2 aliphatic rings. The summed E-state index contributed by atoms with van der Waals surface area (Å²) in [6.07, 6.45) is 3.37. The van der Waals surface area contributed by atoms with Crippen LogP contribution >= 0.6 is 0 Å². The number of aliphatic hydroxyl groups is 1. The van der Waals surface area contributed by atoms with E-state index >= 15 is 0 Å². The third kappa shape index (κ3) is 2.49. The SMILES string of the molecule is CC1(O)CCN(C(=O)C2CCCCO2)C1. The topological polar surface area (TPSA) is 49.8 Å². The summed E-state index contributed by atoms with van der Waals surface area (Å²) in [6, 6.07) is 0. The molecule has 2 heterocycles. The van der Waals surface area contributed by atoms with Gasteiger partial charge in [-0.3, -0.25) is 4.79 Å². The van der Waals surface area contributed by atoms with Crippen molar-refractivity contribution >= 4 is 5.91 Å². The second-order valence-corrected chi connectivity index (χ2v) is 4.86. The van der Waals surface area contributed by atoms with Crippen molar-refractivity contribution in [2.24, 2.45) is 0 Å². The van der Waals surface area contributed by atoms with Gasteiger partial charge in [-0.05, 0) is 32.6 Å². The Morgan fingerprint density at radius 2 is 2.33 bits per heavy atom. The number of amides is 1. The highest BCUT2D eigenvalue weighted by molar-refractivity contribution is 5.81. The van der Waals surface area contributed by atoms with Gasteiger partial charge in [0.15, 0.2) is 0 Å². The monoisotopic (exact) mass is 213 g/mol. The molecule has 0 spiro atoms. The Labute approximate surface area is 90.2 Å². The maximum Gasteiger partial charge on any atom is 0.251 e. The summed E-state index contributed by atoms with van der Waals surface area (Å²) in [5.74, 6) is 0.0625. The lowest BCUT2D eigenvalue weighted by Gasteiger charge is -2.27. The van der Waals surface area contributed by atoms with Crippen LogP contribution in [0.1, 0.15) is 32.6 Å². The van der Waals surface area contributed by atoms with Crippen molar-refractivity contribution in [2.45, 2.75) is 44.3 Å². The van der Waals surface area contributed by atoms with E-state index in [1.165, 1.54) is 0 Å². The number of hydrogen-bond donors (Lipinski definition) is 1. The largest absolute Gasteiger partial charge is 0.388 e. The highest BCUT2D eigenvalue weighted by Crippen LogP contribution is 2.23. The van der Waals surface area contributed by atoms with Gasteiger partial charge in [0.1, 0.15) is 6.10 Å². The summed E-state index contributed by atoms with van der Waals surface area (Å²) < 4.78 is 5.45. The Morgan fingerprint density at radius 1 is 1.53 bits per heavy atom. The van der Waals surface area contributed by atoms with E-state index in [2.05, 4.69) is 0 Å². The zero-order chi connectivity index (χ0) is 10.9. The fraction of sp³-hybridized carbons (Fsp3) is 0.909. The van der Waals surface area contributed by atoms with Crippen LogP contribution in [-0.2, 0) is 9.53 Å². The van der Waals surface area contributed by atoms with Crippen LogP contribution in [0.2, 0.25) is 0 Å². The Morgan fingerprint density at radius 3 is 2.87 bits per heavy atom. The minimum absolute atomic E-state index is 0.0625. The third-order valence-electron chi connectivity index (χ3n) is 3.22. The summed E-state index contributed by atoms with van der Waals surface area (Å²) in [7, 11) is 0. The summed E-state index contributed by atoms with van der Waals surface area (Å²) in [5.41, 5.74) is -0.704. The maximum absolute atomic E-state index is 12.0. The molecule has 2 aliphatic heterocycles. The molecule has 4 nitrogen and oxygen atoms in total. The van der Waals surface area contributed by atoms with Gasteiger partial charge in [-0.15, -0.1) is 0 Å². The van der Waals surface area contributed by atoms with Gasteiger partial charge in [-0.1, -0.05) is 0 Å². The van der Waals surface area contributed by atoms with Gasteiger partial charge in [-0.2, -0.15) is 0 Å². The van der Waals surface area contributed by atoms with Crippen LogP contribution in [0.3, 0.4) is 0 Å². The summed E-state index contributed by atoms with van der Waals surface area (Å²) in [4.78, 5) is 13.7. The first-order valence-electron chi connectivity index (χ1n) is 5.71. The van der Waals surface area contributed by atoms with Gasteiger partial charge in [0.25, 0.3) is 5.91 Å². The molecule has 15 heavy (non-hydrogen) atoms. The average molecular weight is 213 g/mol. The van der Waals surface area contributed by atoms with Gasteiger partial charge in [-0.25, -0.2) is 0 Å². The van der Waals surface area contributed by atoms with Gasteiger partial charge in [0.2, 0.25) is 0 Å². The molecule has 0 saturated carbocycles. The van der Waals surface area contributed by atoms with Crippen molar-refractivity contribution in [3.8, 4) is 0 Å². The van der Waals surface area contributed by atoms with Crippen molar-refractivity contribution in [3.05, 3.63) is 0 Å². The highest BCUT2D eigenvalue weighted by atomic mass is 16.5. The molecule has 0 aliphatic carbocycles. The highest BCUT2D eigenvalue weighted by Gasteiger charge is 2.37. The maximum atomic E-state index is 12.0. The van der Waals surface area contributed by atoms with Gasteiger partial charge < -0.3 is 14.7 Å². The molecule has 4 heteroatoms. The minimum atomic E-state index is -0.704. The van der Waals surface area contributed by atoms with Crippen LogP contribution < -0.4 is 0 Å². The lowest BCUT2D eigenvalue weighted by molar-refractivity contribution is -0.146. The van der Waals surface area contributed by atoms with E-state index in [0.29, 0.717) is 26.1 Å². The third-order valence-corrected chi connectivity index (χ3v) is 3.22. The molecule has 0 bridgehead atoms. The zero-order valence-electron chi connectivity index (χ0n) is 9.24. The first-order valence-corrected chi connectivity index (χ1v) is 5.71. The van der Waals surface area contributed by atoms with E-state index in [1.54, 1.807) is 11.8 Å². The molecule has 0 aromatic heterocycles. The van der Waals surface area contributed by atoms with Crippen LogP contribution in [0.5, 0.6) is 0 Å². The predicted molar refractivity (Wildman–Crippen MR) is 55.4 cm³/mol. The molecule has 1 amide bonds. The Bertz CT molecular complexity index is 246. The van der Waals surface area contributed by atoms with Crippen molar-refractivity contribution < 1.29 is 14.6 Å². The Hall–Kier alpha value is -0.610. The molecule has 2 unspecified atom stereocenters. The standard InChI is InChI=1S/C11H19NO3/c1-11(14)5-6-12(8-11)10(13)9-4-2-3-7-15-9/h9,14H,2-8H2,1H3. The van der Waals surface area contributed by atoms with E-state index in [1.807, 2.05) is 0 Å². The Balaban J connectivity index is 1.90. The number of ether oxygens (including phenoxy) is 1. The lowest BCUT2D eigenvalue weighted by Crippen LogP contribution is -2.42. The van der Waals surface area contributed by atoms with Crippen molar-refractivity contribution in [2.75, 3.05) is 19.7 Å². The second-order valence-electron chi connectivity index (χ2n) is 4.86. The summed E-state index contributed by atoms with van der Waals surface area (Å²) >= 11 is 0. The molecule has 1 N–H and O–H groups in total. The molecule has 2 rings (SSSR count). The van der Waals surface area contributed by atoms with Gasteiger partial charge in [0.05, 0.1) is 5.60 Å². The van der Waals surface area contributed by atoms with E-state index in [4.69, 9.17) is 4.74 Å². The molecular weight excluding hydrogens is 194 g/mol. The second kappa shape index (κ2) is 4.10. The lowest BCUT2D eigenvalue weighted by atomic mass is 10.1. The van der Waals surface area contributed by atoms with Gasteiger partial charge >= 0.3 is 0 Å². The Kier molecular flexibility index (Phi) is 2.98. The predicted octanol–water partition coefficient (Wildman–Crippen LogP) is 0.539. The molecule has 86 valence electrons. The molecular formula is C11H19NO3. The fourth-order valence-corrected chi connectivity index (χ4v) is 2.27. The van der Waals surface area contributed by atoms with Crippen LogP contribution in [0, 0.1) is 0 Å². The normalized spacial score (nSPS) is 36.9. The van der Waals surface area contributed by atoms with Crippen LogP contribution in [-0.4, -0.2) is 47.3 Å². The fourth-order valence-electron chi connectivity index (χ4n) is 2.27.